The van der Waals surface area contributed by atoms with Gasteiger partial charge in [0.15, 0.2) is 5.11 Å². The molecule has 0 aliphatic carbocycles. The molecule has 0 amide bonds. The zero-order valence-electron chi connectivity index (χ0n) is 13.8. The van der Waals surface area contributed by atoms with E-state index in [1.165, 1.54) is 0 Å². The average Bonchev–Trinajstić information content (AvgIpc) is 2.60. The molecule has 26 heavy (non-hydrogen) atoms. The highest BCUT2D eigenvalue weighted by Gasteiger charge is 2.31. The first-order valence-electron chi connectivity index (χ1n) is 7.33. The second-order valence-electron chi connectivity index (χ2n) is 5.19. The minimum absolute atomic E-state index is 0.00784. The Bertz CT molecular complexity index is 840. The van der Waals surface area contributed by atoms with E-state index in [0.29, 0.717) is 11.5 Å². The van der Waals surface area contributed by atoms with E-state index >= 15 is 0 Å². The topological polar surface area (TPSA) is 45.6 Å². The van der Waals surface area contributed by atoms with Gasteiger partial charge in [0.2, 0.25) is 0 Å². The van der Waals surface area contributed by atoms with Crippen molar-refractivity contribution in [3.63, 3.8) is 0 Å². The third-order valence-corrected chi connectivity index (χ3v) is 3.88. The molecule has 0 saturated carbocycles. The standard InChI is InChI=1S/C17H15ClF3N3OS/c1-10(11-4-3-5-13(8-11)25-2)23-24-16(26)22-15-9-12(17(19,20)21)6-7-14(15)18/h3-9H,1-2H3,(H2,22,24,26)/b23-10+. The van der Waals surface area contributed by atoms with Crippen molar-refractivity contribution >= 4 is 40.3 Å². The van der Waals surface area contributed by atoms with Gasteiger partial charge in [0.25, 0.3) is 0 Å². The Morgan fingerprint density at radius 1 is 1.19 bits per heavy atom. The first-order chi connectivity index (χ1) is 12.2. The highest BCUT2D eigenvalue weighted by molar-refractivity contribution is 7.80. The number of rotatable bonds is 4. The molecule has 9 heteroatoms. The summed E-state index contributed by atoms with van der Waals surface area (Å²) in [5.74, 6) is 0.675. The molecular weight excluding hydrogens is 387 g/mol. The van der Waals surface area contributed by atoms with Crippen molar-refractivity contribution in [3.05, 3.63) is 58.6 Å². The average molecular weight is 402 g/mol. The Kier molecular flexibility index (Phi) is 6.44. The predicted molar refractivity (Wildman–Crippen MR) is 101 cm³/mol. The highest BCUT2D eigenvalue weighted by Crippen LogP contribution is 2.33. The molecule has 0 aliphatic heterocycles. The van der Waals surface area contributed by atoms with Gasteiger partial charge >= 0.3 is 6.18 Å². The van der Waals surface area contributed by atoms with E-state index in [0.717, 1.165) is 23.8 Å². The molecule has 2 aromatic rings. The lowest BCUT2D eigenvalue weighted by Crippen LogP contribution is -2.25. The van der Waals surface area contributed by atoms with Crippen LogP contribution in [0.25, 0.3) is 0 Å². The number of thiocarbonyl (C=S) groups is 1. The van der Waals surface area contributed by atoms with Crippen LogP contribution in [0.3, 0.4) is 0 Å². The van der Waals surface area contributed by atoms with E-state index in [4.69, 9.17) is 28.6 Å². The van der Waals surface area contributed by atoms with Gasteiger partial charge in [0.1, 0.15) is 5.75 Å². The second kappa shape index (κ2) is 8.37. The van der Waals surface area contributed by atoms with Crippen molar-refractivity contribution in [3.8, 4) is 5.75 Å². The number of benzene rings is 2. The molecule has 0 unspecified atom stereocenters. The molecule has 0 atom stereocenters. The highest BCUT2D eigenvalue weighted by atomic mass is 35.5. The molecular formula is C17H15ClF3N3OS. The van der Waals surface area contributed by atoms with Crippen molar-refractivity contribution in [1.82, 2.24) is 5.43 Å². The smallest absolute Gasteiger partial charge is 0.416 e. The quantitative estimate of drug-likeness (QED) is 0.426. The van der Waals surface area contributed by atoms with Crippen molar-refractivity contribution in [1.29, 1.82) is 0 Å². The summed E-state index contributed by atoms with van der Waals surface area (Å²) in [4.78, 5) is 0. The maximum atomic E-state index is 12.8. The SMILES string of the molecule is COc1cccc(/C(C)=N/NC(=S)Nc2cc(C(F)(F)F)ccc2Cl)c1. The molecule has 2 N–H and O–H groups in total. The van der Waals surface area contributed by atoms with E-state index in [9.17, 15) is 13.2 Å². The first-order valence-corrected chi connectivity index (χ1v) is 8.12. The summed E-state index contributed by atoms with van der Waals surface area (Å²) in [6, 6.07) is 10.2. The Hall–Kier alpha value is -2.32. The fourth-order valence-electron chi connectivity index (χ4n) is 1.99. The Morgan fingerprint density at radius 3 is 2.58 bits per heavy atom. The number of methoxy groups -OCH3 is 1. The van der Waals surface area contributed by atoms with Crippen LogP contribution >= 0.6 is 23.8 Å². The molecule has 4 nitrogen and oxygen atoms in total. The van der Waals surface area contributed by atoms with Crippen molar-refractivity contribution < 1.29 is 17.9 Å². The van der Waals surface area contributed by atoms with Gasteiger partial charge < -0.3 is 10.1 Å². The zero-order valence-corrected chi connectivity index (χ0v) is 15.4. The minimum Gasteiger partial charge on any atom is -0.497 e. The monoisotopic (exact) mass is 401 g/mol. The zero-order chi connectivity index (χ0) is 19.3. The number of nitrogens with zero attached hydrogens (tertiary/aromatic N) is 1. The normalized spacial score (nSPS) is 11.8. The molecule has 0 aromatic heterocycles. The molecule has 0 fully saturated rings. The van der Waals surface area contributed by atoms with Crippen LogP contribution in [0.5, 0.6) is 5.75 Å². The lowest BCUT2D eigenvalue weighted by molar-refractivity contribution is -0.137. The van der Waals surface area contributed by atoms with Gasteiger partial charge in [-0.1, -0.05) is 23.7 Å². The summed E-state index contributed by atoms with van der Waals surface area (Å²) < 4.78 is 43.5. The Morgan fingerprint density at radius 2 is 1.92 bits per heavy atom. The third kappa shape index (κ3) is 5.34. The number of ether oxygens (including phenoxy) is 1. The van der Waals surface area contributed by atoms with Gasteiger partial charge in [0.05, 0.1) is 29.1 Å². The predicted octanol–water partition coefficient (Wildman–Crippen LogP) is 5.08. The molecule has 0 spiro atoms. The van der Waals surface area contributed by atoms with Gasteiger partial charge in [-0.25, -0.2) is 0 Å². The maximum Gasteiger partial charge on any atom is 0.416 e. The molecule has 2 aromatic carbocycles. The van der Waals surface area contributed by atoms with Gasteiger partial charge in [-0.05, 0) is 49.5 Å². The lowest BCUT2D eigenvalue weighted by Gasteiger charge is -2.13. The van der Waals surface area contributed by atoms with E-state index < -0.39 is 11.7 Å². The minimum atomic E-state index is -4.48. The van der Waals surface area contributed by atoms with Crippen molar-refractivity contribution in [2.24, 2.45) is 5.10 Å². The summed E-state index contributed by atoms with van der Waals surface area (Å²) in [5, 5.41) is 6.83. The van der Waals surface area contributed by atoms with Crippen LogP contribution in [-0.2, 0) is 6.18 Å². The van der Waals surface area contributed by atoms with Crippen LogP contribution in [0, 0.1) is 0 Å². The molecule has 0 radical (unpaired) electrons. The molecule has 138 valence electrons. The second-order valence-corrected chi connectivity index (χ2v) is 6.00. The van der Waals surface area contributed by atoms with E-state index in [2.05, 4.69) is 15.8 Å². The summed E-state index contributed by atoms with van der Waals surface area (Å²) in [6.45, 7) is 1.75. The third-order valence-electron chi connectivity index (χ3n) is 3.35. The molecule has 0 bridgehead atoms. The van der Waals surface area contributed by atoms with E-state index in [1.54, 1.807) is 26.2 Å². The van der Waals surface area contributed by atoms with E-state index in [-0.39, 0.29) is 15.8 Å². The number of hydrogen-bond acceptors (Lipinski definition) is 3. The number of hydrogen-bond donors (Lipinski definition) is 2. The van der Waals surface area contributed by atoms with E-state index in [1.807, 2.05) is 12.1 Å². The number of anilines is 1. The lowest BCUT2D eigenvalue weighted by atomic mass is 10.1. The van der Waals surface area contributed by atoms with Crippen LogP contribution in [0.1, 0.15) is 18.1 Å². The fraction of sp³-hybridized carbons (Fsp3) is 0.176. The van der Waals surface area contributed by atoms with Crippen molar-refractivity contribution in [2.45, 2.75) is 13.1 Å². The Balaban J connectivity index is 2.09. The van der Waals surface area contributed by atoms with Gasteiger partial charge in [-0.15, -0.1) is 0 Å². The molecule has 0 heterocycles. The van der Waals surface area contributed by atoms with Crippen LogP contribution < -0.4 is 15.5 Å². The van der Waals surface area contributed by atoms with Gasteiger partial charge in [0, 0.05) is 5.56 Å². The Labute approximate surface area is 159 Å². The van der Waals surface area contributed by atoms with Crippen LogP contribution in [0.15, 0.2) is 47.6 Å². The van der Waals surface area contributed by atoms with Gasteiger partial charge in [-0.2, -0.15) is 18.3 Å². The molecule has 0 aliphatic rings. The number of halogens is 4. The van der Waals surface area contributed by atoms with Crippen molar-refractivity contribution in [2.75, 3.05) is 12.4 Å². The summed E-state index contributed by atoms with van der Waals surface area (Å²) in [5.41, 5.74) is 3.20. The van der Waals surface area contributed by atoms with Crippen LogP contribution in [0.2, 0.25) is 5.02 Å². The summed E-state index contributed by atoms with van der Waals surface area (Å²) >= 11 is 11.0. The number of alkyl halides is 3. The summed E-state index contributed by atoms with van der Waals surface area (Å²) in [6.07, 6.45) is -4.48. The largest absolute Gasteiger partial charge is 0.497 e. The van der Waals surface area contributed by atoms with Gasteiger partial charge in [-0.3, -0.25) is 5.43 Å². The molecule has 2 rings (SSSR count). The maximum absolute atomic E-state index is 12.8. The molecule has 0 saturated heterocycles. The number of nitrogens with one attached hydrogen (secondary N) is 2. The summed E-state index contributed by atoms with van der Waals surface area (Å²) in [7, 11) is 1.56. The fourth-order valence-corrected chi connectivity index (χ4v) is 2.32. The number of hydrazone groups is 1. The van der Waals surface area contributed by atoms with Crippen LogP contribution in [0.4, 0.5) is 18.9 Å². The first kappa shape index (κ1) is 20.0. The van der Waals surface area contributed by atoms with Crippen LogP contribution in [-0.4, -0.2) is 17.9 Å².